The molecule has 1 saturated heterocycles. The van der Waals surface area contributed by atoms with E-state index in [1.54, 1.807) is 94.8 Å². The number of benzene rings is 6. The molecule has 4 bridgehead atoms. The van der Waals surface area contributed by atoms with Gasteiger partial charge in [-0.1, -0.05) is 142 Å². The van der Waals surface area contributed by atoms with Crippen molar-refractivity contribution in [1.29, 1.82) is 0 Å². The minimum atomic E-state index is -1.25. The summed E-state index contributed by atoms with van der Waals surface area (Å²) in [7, 11) is 4.74. The average Bonchev–Trinajstić information content (AvgIpc) is 1.66. The minimum absolute atomic E-state index is 0.0913. The zero-order chi connectivity index (χ0) is 68.3. The molecule has 6 aromatic rings. The highest BCUT2D eigenvalue weighted by Crippen LogP contribution is 2.32. The Morgan fingerprint density at radius 2 is 1.35 bits per heavy atom. The normalized spacial score (nSPS) is 17.2. The number of nitrogens with one attached hydrogen (secondary N) is 5. The van der Waals surface area contributed by atoms with Crippen molar-refractivity contribution in [3.63, 3.8) is 0 Å². The number of hydrogen-bond acceptors (Lipinski definition) is 14. The van der Waals surface area contributed by atoms with E-state index in [1.165, 1.54) is 14.7 Å². The Bertz CT molecular complexity index is 3470. The number of carbonyl (C=O) groups excluding carboxylic acids is 8. The van der Waals surface area contributed by atoms with Crippen LogP contribution in [0.4, 0.5) is 26.7 Å². The number of Topliss-reactive ketones (excluding diaryl/α,β-unsaturated/α-hetero) is 1. The van der Waals surface area contributed by atoms with Crippen LogP contribution in [0.3, 0.4) is 0 Å². The molecule has 95 heavy (non-hydrogen) atoms. The van der Waals surface area contributed by atoms with E-state index in [1.807, 2.05) is 118 Å². The summed E-state index contributed by atoms with van der Waals surface area (Å²) in [6.45, 7) is 8.48. The Morgan fingerprint density at radius 3 is 1.97 bits per heavy atom. The van der Waals surface area contributed by atoms with E-state index in [4.69, 9.17) is 29.4 Å². The molecule has 3 aliphatic rings. The number of rotatable bonds is 19. The second-order valence-electron chi connectivity index (χ2n) is 24.6. The summed E-state index contributed by atoms with van der Waals surface area (Å²) in [5, 5.41) is 13.4. The molecule has 1 saturated carbocycles. The molecule has 0 spiro atoms. The molecule has 22 heteroatoms. The summed E-state index contributed by atoms with van der Waals surface area (Å²) in [4.78, 5) is 111. The van der Waals surface area contributed by atoms with Crippen LogP contribution in [-0.4, -0.2) is 135 Å². The topological polar surface area (TPSA) is 279 Å². The van der Waals surface area contributed by atoms with Crippen molar-refractivity contribution < 1.29 is 62.0 Å². The zero-order valence-corrected chi connectivity index (χ0v) is 55.4. The van der Waals surface area contributed by atoms with Gasteiger partial charge in [0.25, 0.3) is 5.91 Å². The Morgan fingerprint density at radius 1 is 0.726 bits per heavy atom. The van der Waals surface area contributed by atoms with Crippen molar-refractivity contribution in [3.05, 3.63) is 180 Å². The largest absolute Gasteiger partial charge is 0.493 e. The van der Waals surface area contributed by atoms with E-state index >= 15 is 0 Å². The van der Waals surface area contributed by atoms with E-state index in [0.29, 0.717) is 67.7 Å². The lowest BCUT2D eigenvalue weighted by Gasteiger charge is -2.35. The number of amides is 8. The van der Waals surface area contributed by atoms with Gasteiger partial charge in [0.05, 0.1) is 31.9 Å². The number of carbonyl (C=O) groups is 8. The van der Waals surface area contributed by atoms with Crippen LogP contribution in [-0.2, 0) is 51.5 Å². The Hall–Kier alpha value is -9.96. The Kier molecular flexibility index (Phi) is 27.8. The third-order valence-corrected chi connectivity index (χ3v) is 15.7. The quantitative estimate of drug-likeness (QED) is 0.0325. The van der Waals surface area contributed by atoms with E-state index < -0.39 is 84.0 Å². The minimum Gasteiger partial charge on any atom is -0.493 e. The third-order valence-electron chi connectivity index (χ3n) is 15.7. The zero-order valence-electron chi connectivity index (χ0n) is 55.4. The van der Waals surface area contributed by atoms with Crippen molar-refractivity contribution in [2.24, 2.45) is 5.92 Å². The molecule has 506 valence electrons. The van der Waals surface area contributed by atoms with Crippen molar-refractivity contribution in [2.45, 2.75) is 135 Å². The van der Waals surface area contributed by atoms with Crippen LogP contribution in [0.2, 0.25) is 0 Å². The van der Waals surface area contributed by atoms with Crippen LogP contribution in [0.1, 0.15) is 108 Å². The molecule has 2 heterocycles. The summed E-state index contributed by atoms with van der Waals surface area (Å²) < 4.78 is 28.6. The standard InChI is InChI=1S/C42H57N7O9.C18H21NO3.C13H13NO/c1-5-14-32(37(51)39(53)43-25-34(50)45-35(40(54)47(2)3)27-15-8-6-9-16-27)44-38(52)33-24-31-26-49(33)41(55)36(28-17-10-7-11-18-28)46-42(56)48(4)29-19-12-20-30(23-29)57-21-13-22-58-31;1-18(2,3)22-17(20)19-15-10-7-11-16(12-15)21-13-14-8-5-4-6-9-14;14-12-7-4-8-13(9-12)15-10-11-5-2-1-3-6-11/h6,8-9,12,15-16,19-20,23,28,31-33,35-36H,5,7,10-11,13-14,17-18,21-22,24-26H2,1-4H3,(H,43,53)(H,44,52)(H,45,50)(H,46,56);4-12H,13H2,1-3H3,(H,19,20);1-9H,10,14H2/t31-,32?,33+,35+,36+;;/m1../s1. The molecular formula is C73H91N9O13. The number of ether oxygens (including phenoxy) is 5. The van der Waals surface area contributed by atoms with Crippen molar-refractivity contribution in [2.75, 3.05) is 63.4 Å². The molecule has 1 unspecified atom stereocenters. The lowest BCUT2D eigenvalue weighted by atomic mass is 9.83. The van der Waals surface area contributed by atoms with Crippen LogP contribution >= 0.6 is 0 Å². The predicted octanol–water partition coefficient (Wildman–Crippen LogP) is 9.93. The van der Waals surface area contributed by atoms with Crippen LogP contribution in [0.5, 0.6) is 17.2 Å². The van der Waals surface area contributed by atoms with Crippen molar-refractivity contribution >= 4 is 64.5 Å². The SMILES string of the molecule is CC(C)(C)OC(=O)Nc1cccc(OCc2ccccc2)c1.CCCC(NC(=O)[C@@H]1C[C@@H]2CN1C(=O)[C@H](C1CCCCC1)NC(=O)N(C)c1cccc(c1)OCCCO2)C(=O)C(=O)NCC(=O)N[C@H](C(=O)N(C)C)c1ccccc1.Nc1cccc(OCc2ccccc2)c1. The predicted molar refractivity (Wildman–Crippen MR) is 363 cm³/mol. The smallest absolute Gasteiger partial charge is 0.412 e. The number of nitrogens with zero attached hydrogens (tertiary/aromatic N) is 3. The van der Waals surface area contributed by atoms with Gasteiger partial charge in [-0.15, -0.1) is 0 Å². The molecule has 1 aliphatic carbocycles. The molecule has 8 amide bonds. The highest BCUT2D eigenvalue weighted by molar-refractivity contribution is 6.38. The number of fused-ring (bicyclic) bond motifs is 4. The van der Waals surface area contributed by atoms with E-state index in [0.717, 1.165) is 54.7 Å². The monoisotopic (exact) mass is 1300 g/mol. The van der Waals surface area contributed by atoms with E-state index in [9.17, 15) is 38.4 Å². The van der Waals surface area contributed by atoms with Gasteiger partial charge < -0.3 is 60.5 Å². The molecule has 22 nitrogen and oxygen atoms in total. The summed E-state index contributed by atoms with van der Waals surface area (Å²) >= 11 is 0. The third kappa shape index (κ3) is 23.5. The van der Waals surface area contributed by atoms with Crippen molar-refractivity contribution in [3.8, 4) is 17.2 Å². The summed E-state index contributed by atoms with van der Waals surface area (Å²) in [5.41, 5.74) is 9.86. The van der Waals surface area contributed by atoms with Gasteiger partial charge in [-0.2, -0.15) is 0 Å². The maximum absolute atomic E-state index is 14.6. The fourth-order valence-electron chi connectivity index (χ4n) is 10.9. The van der Waals surface area contributed by atoms with Gasteiger partial charge >= 0.3 is 12.1 Å². The second kappa shape index (κ2) is 36.5. The molecule has 7 N–H and O–H groups in total. The number of urea groups is 1. The number of likely N-dealkylation sites (N-methyl/N-ethyl adjacent to an activating group) is 1. The molecule has 2 aliphatic heterocycles. The average molecular weight is 1300 g/mol. The Labute approximate surface area is 556 Å². The molecule has 5 atom stereocenters. The van der Waals surface area contributed by atoms with Gasteiger partial charge in [0.1, 0.15) is 54.2 Å². The molecular weight excluding hydrogens is 1210 g/mol. The van der Waals surface area contributed by atoms with E-state index in [2.05, 4.69) is 26.6 Å². The highest BCUT2D eigenvalue weighted by Gasteiger charge is 2.46. The molecule has 6 aromatic carbocycles. The fourth-order valence-corrected chi connectivity index (χ4v) is 10.9. The van der Waals surface area contributed by atoms with Crippen LogP contribution in [0.25, 0.3) is 0 Å². The number of anilines is 3. The van der Waals surface area contributed by atoms with Gasteiger partial charge in [-0.3, -0.25) is 39.0 Å². The molecule has 0 radical (unpaired) electrons. The number of nitrogens with two attached hydrogens (primary N) is 1. The second-order valence-corrected chi connectivity index (χ2v) is 24.6. The van der Waals surface area contributed by atoms with Crippen LogP contribution < -0.4 is 51.4 Å². The van der Waals surface area contributed by atoms with Gasteiger partial charge in [-0.05, 0) is 99.0 Å². The maximum Gasteiger partial charge on any atom is 0.412 e. The maximum atomic E-state index is 14.6. The fraction of sp³-hybridized carbons (Fsp3) is 0.397. The van der Waals surface area contributed by atoms with Gasteiger partial charge in [0.15, 0.2) is 0 Å². The highest BCUT2D eigenvalue weighted by atomic mass is 16.6. The van der Waals surface area contributed by atoms with Gasteiger partial charge in [-0.25, -0.2) is 9.59 Å². The first-order valence-corrected chi connectivity index (χ1v) is 32.3. The first kappa shape index (κ1) is 72.5. The first-order valence-electron chi connectivity index (χ1n) is 32.3. The summed E-state index contributed by atoms with van der Waals surface area (Å²) in [6, 6.07) is 45.7. The van der Waals surface area contributed by atoms with Crippen molar-refractivity contribution in [1.82, 2.24) is 31.1 Å². The lowest BCUT2D eigenvalue weighted by Crippen LogP contribution is -2.59. The number of nitrogen functional groups attached to an aromatic ring is 1. The van der Waals surface area contributed by atoms with Crippen LogP contribution in [0, 0.1) is 5.92 Å². The molecule has 9 rings (SSSR count). The van der Waals surface area contributed by atoms with Gasteiger partial charge in [0, 0.05) is 75.8 Å². The van der Waals surface area contributed by atoms with Crippen LogP contribution in [0.15, 0.2) is 164 Å². The molecule has 0 aromatic heterocycles. The number of hydrogen-bond donors (Lipinski definition) is 6. The molecule has 2 fully saturated rings. The lowest BCUT2D eigenvalue weighted by molar-refractivity contribution is -0.143. The Balaban J connectivity index is 0.000000277. The summed E-state index contributed by atoms with van der Waals surface area (Å²) in [6.07, 6.45) is 4.52. The number of ketones is 1. The summed E-state index contributed by atoms with van der Waals surface area (Å²) in [5.74, 6) is -2.23. The van der Waals surface area contributed by atoms with E-state index in [-0.39, 0.29) is 31.2 Å². The van der Waals surface area contributed by atoms with Gasteiger partial charge in [0.2, 0.25) is 29.4 Å². The first-order chi connectivity index (χ1) is 45.6.